The number of aryl methyl sites for hydroxylation is 2. The standard InChI is InChI=1S/C19H23N3O4S/c1-10-20-17(26-22-10)15-13-8-4-5-9-14(13)27-18(15)21-16(23)11-6-2-3-7-12(11)19(24)25/h11-12H,2-9H2,1H3,(H,21,23)(H,24,25)/t11-,12-/m0/s1. The van der Waals surface area contributed by atoms with Crippen LogP contribution in [-0.4, -0.2) is 27.1 Å². The van der Waals surface area contributed by atoms with Crippen LogP contribution in [0.15, 0.2) is 4.52 Å². The number of anilines is 1. The molecular formula is C19H23N3O4S. The maximum Gasteiger partial charge on any atom is 0.307 e. The highest BCUT2D eigenvalue weighted by Crippen LogP contribution is 2.44. The SMILES string of the molecule is Cc1noc(-c2c(NC(=O)[C@H]3CCCC[C@@H]3C(=O)O)sc3c2CCCC3)n1. The smallest absolute Gasteiger partial charge is 0.307 e. The molecule has 1 saturated carbocycles. The molecule has 0 aromatic carbocycles. The molecular weight excluding hydrogens is 366 g/mol. The van der Waals surface area contributed by atoms with E-state index in [9.17, 15) is 14.7 Å². The Balaban J connectivity index is 1.66. The molecule has 2 N–H and O–H groups in total. The Kier molecular flexibility index (Phi) is 4.99. The van der Waals surface area contributed by atoms with Gasteiger partial charge in [-0.3, -0.25) is 9.59 Å². The van der Waals surface area contributed by atoms with Crippen LogP contribution in [0, 0.1) is 18.8 Å². The van der Waals surface area contributed by atoms with Crippen molar-refractivity contribution in [3.8, 4) is 11.5 Å². The van der Waals surface area contributed by atoms with Crippen molar-refractivity contribution in [1.82, 2.24) is 10.1 Å². The summed E-state index contributed by atoms with van der Waals surface area (Å²) in [5.41, 5.74) is 2.01. The molecule has 0 aliphatic heterocycles. The summed E-state index contributed by atoms with van der Waals surface area (Å²) in [7, 11) is 0. The third-order valence-corrected chi connectivity index (χ3v) is 6.78. The number of carbonyl (C=O) groups excluding carboxylic acids is 1. The van der Waals surface area contributed by atoms with E-state index in [2.05, 4.69) is 15.5 Å². The molecule has 27 heavy (non-hydrogen) atoms. The van der Waals surface area contributed by atoms with E-state index in [-0.39, 0.29) is 5.91 Å². The average molecular weight is 389 g/mol. The topological polar surface area (TPSA) is 105 Å². The molecule has 2 aliphatic rings. The van der Waals surface area contributed by atoms with Gasteiger partial charge >= 0.3 is 5.97 Å². The van der Waals surface area contributed by atoms with Crippen LogP contribution in [0.25, 0.3) is 11.5 Å². The van der Waals surface area contributed by atoms with Gasteiger partial charge in [-0.05, 0) is 51.0 Å². The highest BCUT2D eigenvalue weighted by atomic mass is 32.1. The monoisotopic (exact) mass is 389 g/mol. The largest absolute Gasteiger partial charge is 0.481 e. The van der Waals surface area contributed by atoms with Gasteiger partial charge in [-0.1, -0.05) is 18.0 Å². The van der Waals surface area contributed by atoms with Crippen molar-refractivity contribution in [1.29, 1.82) is 0 Å². The summed E-state index contributed by atoms with van der Waals surface area (Å²) in [5.74, 6) is -1.21. The van der Waals surface area contributed by atoms with Crippen molar-refractivity contribution in [2.75, 3.05) is 5.32 Å². The number of rotatable bonds is 4. The van der Waals surface area contributed by atoms with Gasteiger partial charge in [-0.25, -0.2) is 0 Å². The fraction of sp³-hybridized carbons (Fsp3) is 0.579. The Hall–Kier alpha value is -2.22. The van der Waals surface area contributed by atoms with Gasteiger partial charge in [0, 0.05) is 4.88 Å². The van der Waals surface area contributed by atoms with Crippen LogP contribution in [0.4, 0.5) is 5.00 Å². The van der Waals surface area contributed by atoms with Crippen LogP contribution in [-0.2, 0) is 22.4 Å². The molecule has 0 unspecified atom stereocenters. The molecule has 2 aliphatic carbocycles. The molecule has 144 valence electrons. The highest BCUT2D eigenvalue weighted by Gasteiger charge is 2.37. The number of carbonyl (C=O) groups is 2. The Bertz CT molecular complexity index is 872. The second-order valence-electron chi connectivity index (χ2n) is 7.39. The third kappa shape index (κ3) is 3.50. The normalized spacial score (nSPS) is 22.3. The first-order chi connectivity index (χ1) is 13.0. The lowest BCUT2D eigenvalue weighted by molar-refractivity contribution is -0.147. The van der Waals surface area contributed by atoms with E-state index in [1.54, 1.807) is 18.3 Å². The number of hydrogen-bond acceptors (Lipinski definition) is 6. The molecule has 0 saturated heterocycles. The Morgan fingerprint density at radius 3 is 2.59 bits per heavy atom. The van der Waals surface area contributed by atoms with E-state index in [1.807, 2.05) is 0 Å². The summed E-state index contributed by atoms with van der Waals surface area (Å²) in [4.78, 5) is 30.1. The molecule has 7 nitrogen and oxygen atoms in total. The van der Waals surface area contributed by atoms with Crippen molar-refractivity contribution >= 4 is 28.2 Å². The number of carboxylic acid groups (broad SMARTS) is 1. The summed E-state index contributed by atoms with van der Waals surface area (Å²) < 4.78 is 5.40. The number of carboxylic acids is 1. The zero-order chi connectivity index (χ0) is 19.0. The van der Waals surface area contributed by atoms with Crippen LogP contribution in [0.2, 0.25) is 0 Å². The molecule has 8 heteroatoms. The van der Waals surface area contributed by atoms with Crippen LogP contribution in [0.1, 0.15) is 54.8 Å². The minimum Gasteiger partial charge on any atom is -0.481 e. The first-order valence-corrected chi connectivity index (χ1v) is 10.3. The summed E-state index contributed by atoms with van der Waals surface area (Å²) >= 11 is 1.56. The molecule has 2 heterocycles. The van der Waals surface area contributed by atoms with Gasteiger partial charge in [0.1, 0.15) is 5.00 Å². The summed E-state index contributed by atoms with van der Waals surface area (Å²) in [6.45, 7) is 1.77. The van der Waals surface area contributed by atoms with Crippen molar-refractivity contribution in [2.24, 2.45) is 11.8 Å². The van der Waals surface area contributed by atoms with Gasteiger partial charge in [0.05, 0.1) is 17.4 Å². The van der Waals surface area contributed by atoms with Crippen LogP contribution in [0.5, 0.6) is 0 Å². The van der Waals surface area contributed by atoms with Crippen molar-refractivity contribution in [3.05, 3.63) is 16.3 Å². The van der Waals surface area contributed by atoms with Gasteiger partial charge in [0.2, 0.25) is 5.91 Å². The highest BCUT2D eigenvalue weighted by molar-refractivity contribution is 7.17. The zero-order valence-electron chi connectivity index (χ0n) is 15.3. The number of nitrogens with zero attached hydrogens (tertiary/aromatic N) is 2. The Morgan fingerprint density at radius 2 is 1.89 bits per heavy atom. The summed E-state index contributed by atoms with van der Waals surface area (Å²) in [6, 6.07) is 0. The first kappa shape index (κ1) is 18.2. The number of nitrogens with one attached hydrogen (secondary N) is 1. The fourth-order valence-corrected chi connectivity index (χ4v) is 5.51. The van der Waals surface area contributed by atoms with Gasteiger partial charge in [-0.15, -0.1) is 11.3 Å². The second-order valence-corrected chi connectivity index (χ2v) is 8.49. The molecule has 2 aromatic rings. The minimum absolute atomic E-state index is 0.210. The fourth-order valence-electron chi connectivity index (χ4n) is 4.22. The molecule has 0 spiro atoms. The first-order valence-electron chi connectivity index (χ1n) is 9.53. The van der Waals surface area contributed by atoms with E-state index >= 15 is 0 Å². The van der Waals surface area contributed by atoms with E-state index in [1.165, 1.54) is 10.4 Å². The van der Waals surface area contributed by atoms with Crippen molar-refractivity contribution < 1.29 is 19.2 Å². The number of thiophene rings is 1. The van der Waals surface area contributed by atoms with E-state index in [0.717, 1.165) is 44.1 Å². The van der Waals surface area contributed by atoms with Crippen molar-refractivity contribution in [2.45, 2.75) is 58.3 Å². The van der Waals surface area contributed by atoms with Crippen molar-refractivity contribution in [3.63, 3.8) is 0 Å². The van der Waals surface area contributed by atoms with E-state index in [0.29, 0.717) is 29.6 Å². The van der Waals surface area contributed by atoms with Crippen LogP contribution in [0.3, 0.4) is 0 Å². The predicted molar refractivity (Wildman–Crippen MR) is 101 cm³/mol. The number of fused-ring (bicyclic) bond motifs is 1. The van der Waals surface area contributed by atoms with E-state index in [4.69, 9.17) is 4.52 Å². The molecule has 1 amide bonds. The Morgan fingerprint density at radius 1 is 1.15 bits per heavy atom. The number of aliphatic carboxylic acids is 1. The van der Waals surface area contributed by atoms with Gasteiger partial charge in [-0.2, -0.15) is 4.98 Å². The maximum absolute atomic E-state index is 12.9. The van der Waals surface area contributed by atoms with Crippen LogP contribution < -0.4 is 5.32 Å². The quantitative estimate of drug-likeness (QED) is 0.824. The van der Waals surface area contributed by atoms with Gasteiger partial charge < -0.3 is 14.9 Å². The lowest BCUT2D eigenvalue weighted by Crippen LogP contribution is -2.36. The molecule has 0 bridgehead atoms. The molecule has 0 radical (unpaired) electrons. The number of aromatic nitrogens is 2. The number of amides is 1. The Labute approximate surface area is 161 Å². The summed E-state index contributed by atoms with van der Waals surface area (Å²) in [5, 5.41) is 17.1. The lowest BCUT2D eigenvalue weighted by atomic mass is 9.78. The van der Waals surface area contributed by atoms with Gasteiger partial charge in [0.25, 0.3) is 5.89 Å². The molecule has 1 fully saturated rings. The van der Waals surface area contributed by atoms with E-state index < -0.39 is 17.8 Å². The summed E-state index contributed by atoms with van der Waals surface area (Å²) in [6.07, 6.45) is 7.07. The maximum atomic E-state index is 12.9. The zero-order valence-corrected chi connectivity index (χ0v) is 16.1. The molecule has 2 atom stereocenters. The second kappa shape index (κ2) is 7.42. The lowest BCUT2D eigenvalue weighted by Gasteiger charge is -2.27. The average Bonchev–Trinajstić information content (AvgIpc) is 3.24. The van der Waals surface area contributed by atoms with Gasteiger partial charge in [0.15, 0.2) is 5.82 Å². The van der Waals surface area contributed by atoms with Crippen LogP contribution >= 0.6 is 11.3 Å². The predicted octanol–water partition coefficient (Wildman–Crippen LogP) is 3.81. The number of hydrogen-bond donors (Lipinski definition) is 2. The molecule has 4 rings (SSSR count). The molecule has 2 aromatic heterocycles. The third-order valence-electron chi connectivity index (χ3n) is 5.57. The minimum atomic E-state index is -0.881.